The number of H-pyrrole nitrogens is 1. The van der Waals surface area contributed by atoms with Gasteiger partial charge >= 0.3 is 0 Å². The molecule has 26 heavy (non-hydrogen) atoms. The van der Waals surface area contributed by atoms with Crippen molar-refractivity contribution in [2.75, 3.05) is 0 Å². The second kappa shape index (κ2) is 7.03. The van der Waals surface area contributed by atoms with Crippen LogP contribution in [-0.2, 0) is 19.4 Å². The summed E-state index contributed by atoms with van der Waals surface area (Å²) in [6.07, 6.45) is 3.31. The van der Waals surface area contributed by atoms with Gasteiger partial charge in [-0.05, 0) is 67.7 Å². The highest BCUT2D eigenvalue weighted by Crippen LogP contribution is 2.40. The number of aromatic nitrogens is 1. The smallest absolute Gasteiger partial charge is 0.261 e. The summed E-state index contributed by atoms with van der Waals surface area (Å²) in [5, 5.41) is 2.92. The molecule has 2 N–H and O–H groups in total. The Balaban J connectivity index is 1.71. The maximum Gasteiger partial charge on any atom is 0.261 e. The van der Waals surface area contributed by atoms with Crippen LogP contribution in [0.3, 0.4) is 0 Å². The monoisotopic (exact) mass is 372 g/mol. The molecule has 0 aliphatic heterocycles. The molecule has 2 heterocycles. The molecule has 5 heteroatoms. The maximum atomic E-state index is 12.6. The van der Waals surface area contributed by atoms with Gasteiger partial charge in [-0.15, -0.1) is 11.3 Å². The highest BCUT2D eigenvalue weighted by molar-refractivity contribution is 7.14. The molecule has 1 amide bonds. The lowest BCUT2D eigenvalue weighted by Crippen LogP contribution is -2.27. The summed E-state index contributed by atoms with van der Waals surface area (Å²) in [5.74, 6) is 0.574. The second-order valence-corrected chi connectivity index (χ2v) is 9.63. The highest BCUT2D eigenvalue weighted by Gasteiger charge is 2.30. The lowest BCUT2D eigenvalue weighted by Gasteiger charge is -2.33. The predicted molar refractivity (Wildman–Crippen MR) is 107 cm³/mol. The third-order valence-corrected chi connectivity index (χ3v) is 6.69. The van der Waals surface area contributed by atoms with Gasteiger partial charge in [-0.1, -0.05) is 20.8 Å². The van der Waals surface area contributed by atoms with E-state index in [2.05, 4.69) is 37.1 Å². The quantitative estimate of drug-likeness (QED) is 0.851. The predicted octanol–water partition coefficient (Wildman–Crippen LogP) is 4.13. The Morgan fingerprint density at radius 3 is 2.69 bits per heavy atom. The molecule has 0 aromatic carbocycles. The molecule has 4 nitrogen and oxygen atoms in total. The molecule has 1 aliphatic carbocycles. The van der Waals surface area contributed by atoms with Crippen LogP contribution < -0.4 is 10.9 Å². The van der Waals surface area contributed by atoms with Crippen molar-refractivity contribution in [2.45, 2.75) is 60.4 Å². The normalized spacial score (nSPS) is 17.0. The molecule has 0 bridgehead atoms. The number of amides is 1. The fraction of sp³-hybridized carbons (Fsp3) is 0.524. The number of nitrogens with one attached hydrogen (secondary N) is 2. The minimum absolute atomic E-state index is 0.0870. The van der Waals surface area contributed by atoms with Gasteiger partial charge in [0.15, 0.2) is 0 Å². The number of thiophene rings is 1. The summed E-state index contributed by atoms with van der Waals surface area (Å²) in [6.45, 7) is 10.9. The Labute approximate surface area is 159 Å². The summed E-state index contributed by atoms with van der Waals surface area (Å²) < 4.78 is 0. The van der Waals surface area contributed by atoms with Gasteiger partial charge in [0.1, 0.15) is 0 Å². The number of hydrogen-bond donors (Lipinski definition) is 2. The van der Waals surface area contributed by atoms with Crippen molar-refractivity contribution in [3.05, 3.63) is 54.6 Å². The Kier molecular flexibility index (Phi) is 5.11. The van der Waals surface area contributed by atoms with Crippen molar-refractivity contribution in [3.63, 3.8) is 0 Å². The number of carbonyl (C=O) groups excluding carboxylic acids is 1. The first kappa shape index (κ1) is 18.9. The van der Waals surface area contributed by atoms with E-state index in [0.29, 0.717) is 16.9 Å². The largest absolute Gasteiger partial charge is 0.347 e. The standard InChI is InChI=1S/C21H28N2O2S/c1-12-8-13(2)23-19(24)16(12)11-22-20(25)18-10-14-9-15(21(3,4)5)6-7-17(14)26-18/h8,10,15H,6-7,9,11H2,1-5H3,(H,22,25)(H,23,24)/t15-/m1/s1. The topological polar surface area (TPSA) is 62.0 Å². The van der Waals surface area contributed by atoms with Crippen LogP contribution in [0.5, 0.6) is 0 Å². The first-order chi connectivity index (χ1) is 12.1. The molecule has 0 spiro atoms. The molecule has 0 unspecified atom stereocenters. The van der Waals surface area contributed by atoms with Crippen LogP contribution in [0.15, 0.2) is 16.9 Å². The van der Waals surface area contributed by atoms with Crippen LogP contribution >= 0.6 is 11.3 Å². The molecule has 1 atom stereocenters. The molecule has 3 rings (SSSR count). The van der Waals surface area contributed by atoms with Gasteiger partial charge in [0.25, 0.3) is 11.5 Å². The van der Waals surface area contributed by atoms with Crippen molar-refractivity contribution in [2.24, 2.45) is 11.3 Å². The minimum atomic E-state index is -0.124. The zero-order valence-electron chi connectivity index (χ0n) is 16.3. The van der Waals surface area contributed by atoms with E-state index in [0.717, 1.165) is 29.0 Å². The van der Waals surface area contributed by atoms with E-state index in [9.17, 15) is 9.59 Å². The lowest BCUT2D eigenvalue weighted by molar-refractivity contribution is 0.0954. The number of pyridine rings is 1. The van der Waals surface area contributed by atoms with Gasteiger partial charge < -0.3 is 10.3 Å². The van der Waals surface area contributed by atoms with Crippen LogP contribution in [0.1, 0.15) is 64.1 Å². The third-order valence-electron chi connectivity index (χ3n) is 5.45. The zero-order valence-corrected chi connectivity index (χ0v) is 17.1. The van der Waals surface area contributed by atoms with Crippen molar-refractivity contribution in [1.82, 2.24) is 10.3 Å². The first-order valence-electron chi connectivity index (χ1n) is 9.24. The van der Waals surface area contributed by atoms with Crippen LogP contribution in [-0.4, -0.2) is 10.9 Å². The van der Waals surface area contributed by atoms with Gasteiger partial charge in [0.05, 0.1) is 4.88 Å². The third kappa shape index (κ3) is 3.93. The van der Waals surface area contributed by atoms with Crippen molar-refractivity contribution in [1.29, 1.82) is 0 Å². The van der Waals surface area contributed by atoms with Gasteiger partial charge in [0, 0.05) is 22.7 Å². The van der Waals surface area contributed by atoms with Gasteiger partial charge in [-0.2, -0.15) is 0 Å². The van der Waals surface area contributed by atoms with E-state index in [1.165, 1.54) is 16.9 Å². The summed E-state index contributed by atoms with van der Waals surface area (Å²) in [6, 6.07) is 3.98. The SMILES string of the molecule is Cc1cc(C)c(CNC(=O)c2cc3c(s2)CC[C@@H](C(C)(C)C)C3)c(=O)[nH]1. The minimum Gasteiger partial charge on any atom is -0.347 e. The second-order valence-electron chi connectivity index (χ2n) is 8.49. The van der Waals surface area contributed by atoms with E-state index < -0.39 is 0 Å². The molecular formula is C21H28N2O2S. The van der Waals surface area contributed by atoms with Crippen LogP contribution in [0, 0.1) is 25.2 Å². The highest BCUT2D eigenvalue weighted by atomic mass is 32.1. The summed E-state index contributed by atoms with van der Waals surface area (Å²) in [5.41, 5.74) is 3.87. The van der Waals surface area contributed by atoms with Gasteiger partial charge in [-0.3, -0.25) is 9.59 Å². The summed E-state index contributed by atoms with van der Waals surface area (Å²) in [4.78, 5) is 29.6. The Morgan fingerprint density at radius 1 is 1.31 bits per heavy atom. The first-order valence-corrected chi connectivity index (χ1v) is 10.1. The summed E-state index contributed by atoms with van der Waals surface area (Å²) >= 11 is 1.60. The van der Waals surface area contributed by atoms with Crippen LogP contribution in [0.2, 0.25) is 0 Å². The fourth-order valence-electron chi connectivity index (χ4n) is 3.73. The van der Waals surface area contributed by atoms with E-state index >= 15 is 0 Å². The number of aryl methyl sites for hydroxylation is 3. The molecule has 0 fully saturated rings. The molecule has 140 valence electrons. The zero-order chi connectivity index (χ0) is 19.1. The maximum absolute atomic E-state index is 12.6. The number of rotatable bonds is 3. The number of aromatic amines is 1. The van der Waals surface area contributed by atoms with E-state index in [4.69, 9.17) is 0 Å². The number of hydrogen-bond acceptors (Lipinski definition) is 3. The van der Waals surface area contributed by atoms with E-state index in [1.807, 2.05) is 19.9 Å². The Hall–Kier alpha value is -1.88. The van der Waals surface area contributed by atoms with Crippen molar-refractivity contribution in [3.8, 4) is 0 Å². The Morgan fingerprint density at radius 2 is 2.04 bits per heavy atom. The van der Waals surface area contributed by atoms with Crippen molar-refractivity contribution >= 4 is 17.2 Å². The fourth-order valence-corrected chi connectivity index (χ4v) is 4.86. The average molecular weight is 373 g/mol. The van der Waals surface area contributed by atoms with Crippen molar-refractivity contribution < 1.29 is 4.79 Å². The molecule has 1 aliphatic rings. The molecular weight excluding hydrogens is 344 g/mol. The lowest BCUT2D eigenvalue weighted by atomic mass is 9.72. The van der Waals surface area contributed by atoms with Gasteiger partial charge in [0.2, 0.25) is 0 Å². The van der Waals surface area contributed by atoms with Crippen LogP contribution in [0.4, 0.5) is 0 Å². The summed E-state index contributed by atoms with van der Waals surface area (Å²) in [7, 11) is 0. The van der Waals surface area contributed by atoms with Gasteiger partial charge in [-0.25, -0.2) is 0 Å². The molecule has 2 aromatic heterocycles. The van der Waals surface area contributed by atoms with E-state index in [-0.39, 0.29) is 18.0 Å². The Bertz CT molecular complexity index is 886. The number of carbonyl (C=O) groups is 1. The molecule has 0 saturated carbocycles. The van der Waals surface area contributed by atoms with E-state index in [1.54, 1.807) is 11.3 Å². The molecule has 0 radical (unpaired) electrons. The molecule has 0 saturated heterocycles. The molecule has 2 aromatic rings. The number of fused-ring (bicyclic) bond motifs is 1. The average Bonchev–Trinajstić information content (AvgIpc) is 2.96. The van der Waals surface area contributed by atoms with Crippen LogP contribution in [0.25, 0.3) is 0 Å².